The van der Waals surface area contributed by atoms with Gasteiger partial charge in [-0.15, -0.1) is 0 Å². The van der Waals surface area contributed by atoms with E-state index in [4.69, 9.17) is 23.7 Å². The van der Waals surface area contributed by atoms with Crippen LogP contribution in [0.2, 0.25) is 0 Å². The molecule has 36 heavy (non-hydrogen) atoms. The maximum Gasteiger partial charge on any atom is 0.361 e. The Balaban J connectivity index is 3.36. The normalized spacial score (nSPS) is 12.3. The number of carbonyl (C=O) groups is 1. The van der Waals surface area contributed by atoms with Crippen molar-refractivity contribution in [3.8, 4) is 0 Å². The van der Waals surface area contributed by atoms with E-state index in [1.807, 2.05) is 6.92 Å². The predicted octanol–water partition coefficient (Wildman–Crippen LogP) is 7.15. The van der Waals surface area contributed by atoms with Gasteiger partial charge in [-0.05, 0) is 13.3 Å². The van der Waals surface area contributed by atoms with E-state index < -0.39 is 12.3 Å². The van der Waals surface area contributed by atoms with Crippen molar-refractivity contribution >= 4 is 5.97 Å². The Morgan fingerprint density at radius 2 is 0.861 bits per heavy atom. The van der Waals surface area contributed by atoms with Crippen LogP contribution in [0.1, 0.15) is 123 Å². The van der Waals surface area contributed by atoms with Gasteiger partial charge in [0.15, 0.2) is 0 Å². The number of aliphatic carboxylic acids is 1. The molecule has 0 aliphatic rings. The molecule has 0 aromatic heterocycles. The van der Waals surface area contributed by atoms with Gasteiger partial charge in [-0.2, -0.15) is 0 Å². The molecule has 1 atom stereocenters. The highest BCUT2D eigenvalue weighted by Crippen LogP contribution is 2.14. The summed E-state index contributed by atoms with van der Waals surface area (Å²) in [5.41, 5.74) is 0. The van der Waals surface area contributed by atoms with Crippen LogP contribution in [0.5, 0.6) is 0 Å². The number of hydrogen-bond acceptors (Lipinski definition) is 6. The Kier molecular flexibility index (Phi) is 29.9. The molecule has 0 bridgehead atoms. The van der Waals surface area contributed by atoms with Crippen molar-refractivity contribution in [2.24, 2.45) is 0 Å². The topological polar surface area (TPSA) is 83.5 Å². The zero-order valence-electron chi connectivity index (χ0n) is 23.7. The van der Waals surface area contributed by atoms with E-state index in [9.17, 15) is 9.90 Å². The quantitative estimate of drug-likeness (QED) is 0.0770. The third-order valence-corrected chi connectivity index (χ3v) is 6.16. The Morgan fingerprint density at radius 1 is 0.500 bits per heavy atom. The molecule has 0 aromatic carbocycles. The van der Waals surface area contributed by atoms with Gasteiger partial charge in [0.2, 0.25) is 0 Å². The minimum absolute atomic E-state index is 0.176. The van der Waals surface area contributed by atoms with Crippen molar-refractivity contribution in [3.05, 3.63) is 0 Å². The molecule has 0 saturated carbocycles. The molecule has 0 aliphatic heterocycles. The monoisotopic (exact) mass is 518 g/mol. The Hall–Kier alpha value is -0.730. The number of carboxylic acids is 1. The molecule has 0 spiro atoms. The van der Waals surface area contributed by atoms with Crippen molar-refractivity contribution in [1.29, 1.82) is 0 Å². The Labute approximate surface area is 221 Å². The first kappa shape index (κ1) is 35.3. The molecule has 0 aromatic rings. The average molecular weight is 519 g/mol. The third-order valence-electron chi connectivity index (χ3n) is 6.16. The predicted molar refractivity (Wildman–Crippen MR) is 146 cm³/mol. The molecule has 0 aliphatic carbocycles. The highest BCUT2D eigenvalue weighted by Gasteiger charge is 2.18. The van der Waals surface area contributed by atoms with Gasteiger partial charge in [0.25, 0.3) is 6.29 Å². The summed E-state index contributed by atoms with van der Waals surface area (Å²) in [6.07, 6.45) is 21.2. The molecular weight excluding hydrogens is 460 g/mol. The van der Waals surface area contributed by atoms with Crippen molar-refractivity contribution in [3.63, 3.8) is 0 Å². The minimum atomic E-state index is -1.22. The lowest BCUT2D eigenvalue weighted by atomic mass is 10.0. The van der Waals surface area contributed by atoms with E-state index in [1.54, 1.807) is 0 Å². The number of ether oxygens (including phenoxy) is 5. The van der Waals surface area contributed by atoms with Gasteiger partial charge in [0.1, 0.15) is 0 Å². The highest BCUT2D eigenvalue weighted by molar-refractivity contribution is 5.70. The molecule has 0 radical (unpaired) electrons. The van der Waals surface area contributed by atoms with E-state index in [-0.39, 0.29) is 6.61 Å². The fraction of sp³-hybridized carbons (Fsp3) is 0.966. The molecule has 1 unspecified atom stereocenters. The number of rotatable bonds is 31. The Morgan fingerprint density at radius 3 is 1.28 bits per heavy atom. The second kappa shape index (κ2) is 30.5. The van der Waals surface area contributed by atoms with Gasteiger partial charge in [-0.3, -0.25) is 0 Å². The van der Waals surface area contributed by atoms with Crippen molar-refractivity contribution in [1.82, 2.24) is 0 Å². The molecule has 0 amide bonds. The van der Waals surface area contributed by atoms with E-state index in [0.29, 0.717) is 46.2 Å². The minimum Gasteiger partial charge on any atom is -0.477 e. The molecule has 0 saturated heterocycles. The van der Waals surface area contributed by atoms with Crippen LogP contribution in [0.15, 0.2) is 0 Å². The largest absolute Gasteiger partial charge is 0.477 e. The first-order valence-corrected chi connectivity index (χ1v) is 14.9. The summed E-state index contributed by atoms with van der Waals surface area (Å²) in [6.45, 7) is 7.83. The summed E-state index contributed by atoms with van der Waals surface area (Å²) in [5.74, 6) is -1.10. The van der Waals surface area contributed by atoms with E-state index in [2.05, 4.69) is 6.92 Å². The van der Waals surface area contributed by atoms with Gasteiger partial charge in [-0.25, -0.2) is 4.79 Å². The van der Waals surface area contributed by atoms with E-state index in [0.717, 1.165) is 12.8 Å². The SMILES string of the molecule is CCCCCCCCCCCCCCCCCCCOC(OCCOCCOCCOCC)C(=O)O. The van der Waals surface area contributed by atoms with Gasteiger partial charge < -0.3 is 28.8 Å². The van der Waals surface area contributed by atoms with Gasteiger partial charge in [-0.1, -0.05) is 110 Å². The lowest BCUT2D eigenvalue weighted by molar-refractivity contribution is -0.192. The zero-order valence-corrected chi connectivity index (χ0v) is 23.7. The molecule has 0 rings (SSSR count). The maximum absolute atomic E-state index is 11.3. The maximum atomic E-state index is 11.3. The van der Waals surface area contributed by atoms with Crippen LogP contribution in [-0.4, -0.2) is 70.2 Å². The van der Waals surface area contributed by atoms with Gasteiger partial charge in [0.05, 0.1) is 46.2 Å². The summed E-state index contributed by atoms with van der Waals surface area (Å²) in [7, 11) is 0. The molecule has 216 valence electrons. The fourth-order valence-electron chi connectivity index (χ4n) is 4.01. The Bertz CT molecular complexity index is 434. The first-order valence-electron chi connectivity index (χ1n) is 14.9. The summed E-state index contributed by atoms with van der Waals surface area (Å²) >= 11 is 0. The van der Waals surface area contributed by atoms with Crippen LogP contribution in [0.25, 0.3) is 0 Å². The van der Waals surface area contributed by atoms with Crippen LogP contribution in [0, 0.1) is 0 Å². The van der Waals surface area contributed by atoms with Crippen molar-refractivity contribution in [2.45, 2.75) is 129 Å². The first-order chi connectivity index (χ1) is 17.7. The third kappa shape index (κ3) is 27.9. The van der Waals surface area contributed by atoms with Crippen LogP contribution in [-0.2, 0) is 28.5 Å². The van der Waals surface area contributed by atoms with Crippen LogP contribution in [0.4, 0.5) is 0 Å². The molecule has 0 heterocycles. The van der Waals surface area contributed by atoms with Crippen molar-refractivity contribution < 1.29 is 33.6 Å². The molecule has 0 fully saturated rings. The second-order valence-electron chi connectivity index (χ2n) is 9.49. The van der Waals surface area contributed by atoms with Crippen LogP contribution >= 0.6 is 0 Å². The van der Waals surface area contributed by atoms with E-state index in [1.165, 1.54) is 96.3 Å². The van der Waals surface area contributed by atoms with Crippen molar-refractivity contribution in [2.75, 3.05) is 52.9 Å². The smallest absolute Gasteiger partial charge is 0.361 e. The molecular formula is C29H58O7. The summed E-state index contributed by atoms with van der Waals surface area (Å²) in [6, 6.07) is 0. The lowest BCUT2D eigenvalue weighted by Gasteiger charge is -2.14. The number of carboxylic acid groups (broad SMARTS) is 1. The van der Waals surface area contributed by atoms with Gasteiger partial charge >= 0.3 is 5.97 Å². The summed E-state index contributed by atoms with van der Waals surface area (Å²) in [5, 5.41) is 9.24. The van der Waals surface area contributed by atoms with Gasteiger partial charge in [0, 0.05) is 6.61 Å². The summed E-state index contributed by atoms with van der Waals surface area (Å²) in [4.78, 5) is 11.3. The second-order valence-corrected chi connectivity index (χ2v) is 9.49. The molecule has 7 heteroatoms. The standard InChI is InChI=1S/C29H58O7/c1-3-5-6-7-8-9-10-11-12-13-14-15-16-17-18-19-20-21-35-29(28(30)31)36-27-26-34-25-24-33-23-22-32-4-2/h29H,3-27H2,1-2H3,(H,30,31). The molecule has 7 nitrogen and oxygen atoms in total. The summed E-state index contributed by atoms with van der Waals surface area (Å²) < 4.78 is 26.6. The number of hydrogen-bond donors (Lipinski definition) is 1. The zero-order chi connectivity index (χ0) is 26.4. The lowest BCUT2D eigenvalue weighted by Crippen LogP contribution is -2.29. The number of unbranched alkanes of at least 4 members (excludes halogenated alkanes) is 16. The van der Waals surface area contributed by atoms with Crippen LogP contribution in [0.3, 0.4) is 0 Å². The molecule has 1 N–H and O–H groups in total. The fourth-order valence-corrected chi connectivity index (χ4v) is 4.01. The van der Waals surface area contributed by atoms with E-state index >= 15 is 0 Å². The highest BCUT2D eigenvalue weighted by atomic mass is 16.7. The van der Waals surface area contributed by atoms with Crippen LogP contribution < -0.4 is 0 Å². The average Bonchev–Trinajstić information content (AvgIpc) is 2.87.